The first-order valence-corrected chi connectivity index (χ1v) is 7.92. The zero-order valence-corrected chi connectivity index (χ0v) is 11.9. The van der Waals surface area contributed by atoms with Crippen molar-refractivity contribution < 1.29 is 12.9 Å². The zero-order valence-electron chi connectivity index (χ0n) is 11.1. The molecule has 0 unspecified atom stereocenters. The van der Waals surface area contributed by atoms with E-state index < -0.39 is 9.84 Å². The Balaban J connectivity index is 2.21. The first-order chi connectivity index (χ1) is 9.45. The number of hydrogen-bond acceptors (Lipinski definition) is 5. The lowest BCUT2D eigenvalue weighted by Gasteiger charge is -2.05. The second-order valence-electron chi connectivity index (χ2n) is 4.67. The summed E-state index contributed by atoms with van der Waals surface area (Å²) >= 11 is 0. The molecule has 0 amide bonds. The van der Waals surface area contributed by atoms with Gasteiger partial charge in [-0.15, -0.1) is 0 Å². The van der Waals surface area contributed by atoms with E-state index in [1.165, 1.54) is 0 Å². The van der Waals surface area contributed by atoms with Crippen LogP contribution in [0.1, 0.15) is 11.5 Å². The standard InChI is InChI=1S/C13H13N3O3S/c1-9-7-10(15-19-9)8-16-12-6-4-3-5-11(12)14-13(16)20(2,17)18/h3-7H,8H2,1-2H3. The van der Waals surface area contributed by atoms with Gasteiger partial charge in [0.2, 0.25) is 15.0 Å². The lowest BCUT2D eigenvalue weighted by molar-refractivity contribution is 0.388. The molecule has 7 heteroatoms. The van der Waals surface area contributed by atoms with Gasteiger partial charge < -0.3 is 9.09 Å². The first kappa shape index (κ1) is 12.9. The maximum Gasteiger partial charge on any atom is 0.228 e. The van der Waals surface area contributed by atoms with E-state index in [1.54, 1.807) is 23.6 Å². The molecule has 1 aromatic carbocycles. The molecular formula is C13H13N3O3S. The third-order valence-electron chi connectivity index (χ3n) is 2.95. The van der Waals surface area contributed by atoms with Crippen molar-refractivity contribution in [3.63, 3.8) is 0 Å². The largest absolute Gasteiger partial charge is 0.361 e. The summed E-state index contributed by atoms with van der Waals surface area (Å²) in [5.41, 5.74) is 2.07. The smallest absolute Gasteiger partial charge is 0.228 e. The fraction of sp³-hybridized carbons (Fsp3) is 0.231. The van der Waals surface area contributed by atoms with Crippen molar-refractivity contribution in [3.05, 3.63) is 41.8 Å². The summed E-state index contributed by atoms with van der Waals surface area (Å²) in [5, 5.41) is 3.94. The van der Waals surface area contributed by atoms with E-state index in [0.29, 0.717) is 23.5 Å². The summed E-state index contributed by atoms with van der Waals surface area (Å²) in [6, 6.07) is 9.08. The molecule has 0 N–H and O–H groups in total. The Kier molecular flexibility index (Phi) is 2.86. The molecule has 2 heterocycles. The quantitative estimate of drug-likeness (QED) is 0.735. The van der Waals surface area contributed by atoms with Gasteiger partial charge in [-0.05, 0) is 19.1 Å². The Labute approximate surface area is 115 Å². The number of aryl methyl sites for hydroxylation is 1. The van der Waals surface area contributed by atoms with E-state index in [2.05, 4.69) is 10.1 Å². The minimum Gasteiger partial charge on any atom is -0.361 e. The fourth-order valence-electron chi connectivity index (χ4n) is 2.14. The number of imidazole rings is 1. The molecular weight excluding hydrogens is 278 g/mol. The highest BCUT2D eigenvalue weighted by Crippen LogP contribution is 2.20. The van der Waals surface area contributed by atoms with Gasteiger partial charge in [-0.3, -0.25) is 0 Å². The third-order valence-corrected chi connectivity index (χ3v) is 3.92. The van der Waals surface area contributed by atoms with E-state index in [-0.39, 0.29) is 5.16 Å². The fourth-order valence-corrected chi connectivity index (χ4v) is 2.97. The van der Waals surface area contributed by atoms with Crippen molar-refractivity contribution in [1.29, 1.82) is 0 Å². The van der Waals surface area contributed by atoms with Crippen molar-refractivity contribution in [2.24, 2.45) is 0 Å². The molecule has 0 spiro atoms. The van der Waals surface area contributed by atoms with Crippen LogP contribution in [0.2, 0.25) is 0 Å². The van der Waals surface area contributed by atoms with Gasteiger partial charge in [-0.25, -0.2) is 13.4 Å². The number of sulfone groups is 1. The van der Waals surface area contributed by atoms with Gasteiger partial charge in [0, 0.05) is 12.3 Å². The zero-order chi connectivity index (χ0) is 14.3. The van der Waals surface area contributed by atoms with E-state index >= 15 is 0 Å². The highest BCUT2D eigenvalue weighted by Gasteiger charge is 2.20. The molecule has 2 aromatic heterocycles. The topological polar surface area (TPSA) is 78.0 Å². The average Bonchev–Trinajstić information content (AvgIpc) is 2.94. The molecule has 0 aliphatic heterocycles. The Morgan fingerprint density at radius 3 is 2.70 bits per heavy atom. The van der Waals surface area contributed by atoms with Gasteiger partial charge >= 0.3 is 0 Å². The van der Waals surface area contributed by atoms with E-state index in [1.807, 2.05) is 18.2 Å². The molecule has 0 saturated heterocycles. The SMILES string of the molecule is Cc1cc(Cn2c(S(C)(=O)=O)nc3ccccc32)no1. The summed E-state index contributed by atoms with van der Waals surface area (Å²) in [6.07, 6.45) is 1.15. The van der Waals surface area contributed by atoms with Crippen LogP contribution in [0.4, 0.5) is 0 Å². The van der Waals surface area contributed by atoms with Crippen LogP contribution in [0.3, 0.4) is 0 Å². The van der Waals surface area contributed by atoms with Crippen molar-refractivity contribution in [3.8, 4) is 0 Å². The van der Waals surface area contributed by atoms with Crippen LogP contribution >= 0.6 is 0 Å². The summed E-state index contributed by atoms with van der Waals surface area (Å²) in [5.74, 6) is 0.685. The van der Waals surface area contributed by atoms with Gasteiger partial charge in [0.25, 0.3) is 0 Å². The molecule has 6 nitrogen and oxygen atoms in total. The lowest BCUT2D eigenvalue weighted by Crippen LogP contribution is -2.10. The summed E-state index contributed by atoms with van der Waals surface area (Å²) in [4.78, 5) is 4.20. The molecule has 0 aliphatic carbocycles. The normalized spacial score (nSPS) is 12.1. The highest BCUT2D eigenvalue weighted by molar-refractivity contribution is 7.90. The maximum atomic E-state index is 11.9. The number of para-hydroxylation sites is 2. The van der Waals surface area contributed by atoms with E-state index in [4.69, 9.17) is 4.52 Å². The Morgan fingerprint density at radius 2 is 2.05 bits per heavy atom. The molecule has 0 radical (unpaired) electrons. The van der Waals surface area contributed by atoms with Crippen LogP contribution in [-0.4, -0.2) is 29.4 Å². The summed E-state index contributed by atoms with van der Waals surface area (Å²) < 4.78 is 30.4. The average molecular weight is 291 g/mol. The number of hydrogen-bond donors (Lipinski definition) is 0. The summed E-state index contributed by atoms with van der Waals surface area (Å²) in [6.45, 7) is 2.10. The number of fused-ring (bicyclic) bond motifs is 1. The number of rotatable bonds is 3. The van der Waals surface area contributed by atoms with E-state index in [0.717, 1.165) is 11.8 Å². The molecule has 0 bridgehead atoms. The number of nitrogens with zero attached hydrogens (tertiary/aromatic N) is 3. The lowest BCUT2D eigenvalue weighted by atomic mass is 10.3. The molecule has 3 aromatic rings. The third kappa shape index (κ3) is 2.20. The predicted molar refractivity (Wildman–Crippen MR) is 73.2 cm³/mol. The molecule has 104 valence electrons. The van der Waals surface area contributed by atoms with E-state index in [9.17, 15) is 8.42 Å². The van der Waals surface area contributed by atoms with Gasteiger partial charge in [0.1, 0.15) is 11.5 Å². The van der Waals surface area contributed by atoms with Crippen molar-refractivity contribution >= 4 is 20.9 Å². The van der Waals surface area contributed by atoms with Crippen LogP contribution in [0, 0.1) is 6.92 Å². The molecule has 0 aliphatic rings. The van der Waals surface area contributed by atoms with Gasteiger partial charge in [-0.1, -0.05) is 17.3 Å². The second-order valence-corrected chi connectivity index (χ2v) is 6.58. The van der Waals surface area contributed by atoms with Crippen molar-refractivity contribution in [2.75, 3.05) is 6.26 Å². The number of aromatic nitrogens is 3. The van der Waals surface area contributed by atoms with Crippen LogP contribution in [0.5, 0.6) is 0 Å². The second kappa shape index (κ2) is 4.45. The predicted octanol–water partition coefficient (Wildman–Crippen LogP) is 1.78. The molecule has 0 atom stereocenters. The van der Waals surface area contributed by atoms with Crippen molar-refractivity contribution in [1.82, 2.24) is 14.7 Å². The first-order valence-electron chi connectivity index (χ1n) is 6.02. The molecule has 0 saturated carbocycles. The van der Waals surface area contributed by atoms with Crippen LogP contribution in [0.25, 0.3) is 11.0 Å². The van der Waals surface area contributed by atoms with Crippen molar-refractivity contribution in [2.45, 2.75) is 18.6 Å². The van der Waals surface area contributed by atoms with Gasteiger partial charge in [0.15, 0.2) is 0 Å². The van der Waals surface area contributed by atoms with Crippen LogP contribution < -0.4 is 0 Å². The summed E-state index contributed by atoms with van der Waals surface area (Å²) in [7, 11) is -3.42. The Morgan fingerprint density at radius 1 is 1.30 bits per heavy atom. The highest BCUT2D eigenvalue weighted by atomic mass is 32.2. The van der Waals surface area contributed by atoms with Gasteiger partial charge in [0.05, 0.1) is 17.6 Å². The number of benzene rings is 1. The minimum atomic E-state index is -3.42. The minimum absolute atomic E-state index is 0.0411. The molecule has 0 fully saturated rings. The van der Waals surface area contributed by atoms with Crippen LogP contribution in [0.15, 0.2) is 40.0 Å². The molecule has 20 heavy (non-hydrogen) atoms. The monoisotopic (exact) mass is 291 g/mol. The Bertz CT molecular complexity index is 877. The maximum absolute atomic E-state index is 11.9. The van der Waals surface area contributed by atoms with Gasteiger partial charge in [-0.2, -0.15) is 0 Å². The Hall–Kier alpha value is -2.15. The van der Waals surface area contributed by atoms with Crippen LogP contribution in [-0.2, 0) is 16.4 Å². The molecule has 3 rings (SSSR count).